The monoisotopic (exact) mass is 289 g/mol. The zero-order valence-corrected chi connectivity index (χ0v) is 12.5. The van der Waals surface area contributed by atoms with Gasteiger partial charge in [-0.25, -0.2) is 13.1 Å². The van der Waals surface area contributed by atoms with E-state index in [0.29, 0.717) is 5.92 Å². The van der Waals surface area contributed by atoms with Gasteiger partial charge in [0.15, 0.2) is 0 Å². The smallest absolute Gasteiger partial charge is 0.273 e. The van der Waals surface area contributed by atoms with Gasteiger partial charge in [-0.2, -0.15) is 0 Å². The quantitative estimate of drug-likeness (QED) is 0.875. The Hall–Kier alpha value is -0.880. The lowest BCUT2D eigenvalue weighted by Gasteiger charge is -2.13. The molecule has 1 heterocycles. The molecule has 0 radical (unpaired) electrons. The fourth-order valence-electron chi connectivity index (χ4n) is 1.86. The summed E-state index contributed by atoms with van der Waals surface area (Å²) in [6.07, 6.45) is 1.15. The van der Waals surface area contributed by atoms with Crippen molar-refractivity contribution in [3.05, 3.63) is 17.5 Å². The first-order valence-electron chi connectivity index (χ1n) is 5.90. The number of carbonyl (C=O) groups is 1. The maximum atomic E-state index is 11.8. The van der Waals surface area contributed by atoms with Crippen molar-refractivity contribution in [3.63, 3.8) is 0 Å². The Kier molecular flexibility index (Phi) is 5.34. The Morgan fingerprint density at radius 1 is 1.39 bits per heavy atom. The van der Waals surface area contributed by atoms with Crippen LogP contribution in [0.5, 0.6) is 0 Å². The van der Waals surface area contributed by atoms with Crippen molar-refractivity contribution < 1.29 is 13.2 Å². The molecular weight excluding hydrogens is 270 g/mol. The minimum atomic E-state index is -3.67. The second-order valence-corrected chi connectivity index (χ2v) is 7.76. The lowest BCUT2D eigenvalue weighted by molar-refractivity contribution is -0.120. The van der Waals surface area contributed by atoms with Crippen molar-refractivity contribution in [2.24, 2.45) is 11.8 Å². The Labute approximate surface area is 112 Å². The van der Waals surface area contributed by atoms with Gasteiger partial charge in [0, 0.05) is 6.42 Å². The van der Waals surface area contributed by atoms with E-state index in [1.54, 1.807) is 11.4 Å². The minimum Gasteiger partial charge on any atom is -0.274 e. The summed E-state index contributed by atoms with van der Waals surface area (Å²) in [5, 5.41) is 1.67. The molecule has 102 valence electrons. The lowest BCUT2D eigenvalue weighted by Crippen LogP contribution is -2.31. The van der Waals surface area contributed by atoms with Crippen molar-refractivity contribution in [1.29, 1.82) is 0 Å². The van der Waals surface area contributed by atoms with Gasteiger partial charge in [0.25, 0.3) is 10.0 Å². The third-order valence-electron chi connectivity index (χ3n) is 2.42. The largest absolute Gasteiger partial charge is 0.274 e. The molecule has 0 saturated heterocycles. The molecule has 0 spiro atoms. The SMILES string of the molecule is CC(C)CC(C)CC(=O)NS(=O)(=O)c1cccs1. The molecule has 1 N–H and O–H groups in total. The summed E-state index contributed by atoms with van der Waals surface area (Å²) in [5.41, 5.74) is 0. The average molecular weight is 289 g/mol. The van der Waals surface area contributed by atoms with Gasteiger partial charge in [-0.3, -0.25) is 4.79 Å². The van der Waals surface area contributed by atoms with E-state index in [-0.39, 0.29) is 16.5 Å². The van der Waals surface area contributed by atoms with Crippen LogP contribution in [0.15, 0.2) is 21.7 Å². The summed E-state index contributed by atoms with van der Waals surface area (Å²) in [6.45, 7) is 6.12. The minimum absolute atomic E-state index is 0.173. The number of sulfonamides is 1. The van der Waals surface area contributed by atoms with Crippen LogP contribution in [0, 0.1) is 11.8 Å². The molecule has 0 aliphatic rings. The molecule has 1 aromatic heterocycles. The molecule has 1 atom stereocenters. The van der Waals surface area contributed by atoms with Gasteiger partial charge in [-0.05, 0) is 29.7 Å². The molecule has 0 bridgehead atoms. The lowest BCUT2D eigenvalue weighted by atomic mass is 9.96. The van der Waals surface area contributed by atoms with Gasteiger partial charge >= 0.3 is 0 Å². The molecule has 0 saturated carbocycles. The van der Waals surface area contributed by atoms with E-state index in [0.717, 1.165) is 17.8 Å². The normalized spacial score (nSPS) is 13.6. The summed E-state index contributed by atoms with van der Waals surface area (Å²) >= 11 is 1.10. The Balaban J connectivity index is 2.55. The number of thiophene rings is 1. The first kappa shape index (κ1) is 15.2. The highest BCUT2D eigenvalue weighted by molar-refractivity contribution is 7.92. The van der Waals surface area contributed by atoms with Crippen molar-refractivity contribution >= 4 is 27.3 Å². The van der Waals surface area contributed by atoms with E-state index in [2.05, 4.69) is 18.6 Å². The topological polar surface area (TPSA) is 63.2 Å². The van der Waals surface area contributed by atoms with Crippen LogP contribution >= 0.6 is 11.3 Å². The number of amides is 1. The highest BCUT2D eigenvalue weighted by Gasteiger charge is 2.20. The Morgan fingerprint density at radius 2 is 2.06 bits per heavy atom. The van der Waals surface area contributed by atoms with Crippen molar-refractivity contribution in [2.75, 3.05) is 0 Å². The number of hydrogen-bond acceptors (Lipinski definition) is 4. The van der Waals surface area contributed by atoms with E-state index in [1.807, 2.05) is 6.92 Å². The molecule has 0 aromatic carbocycles. The fraction of sp³-hybridized carbons (Fsp3) is 0.583. The average Bonchev–Trinajstić information content (AvgIpc) is 2.66. The Bertz CT molecular complexity index is 477. The van der Waals surface area contributed by atoms with Gasteiger partial charge in [-0.15, -0.1) is 11.3 Å². The van der Waals surface area contributed by atoms with Crippen LogP contribution in [-0.2, 0) is 14.8 Å². The second-order valence-electron chi connectivity index (χ2n) is 4.90. The molecule has 0 fully saturated rings. The second kappa shape index (κ2) is 6.33. The molecule has 1 unspecified atom stereocenters. The zero-order valence-electron chi connectivity index (χ0n) is 10.8. The van der Waals surface area contributed by atoms with Crippen LogP contribution in [0.25, 0.3) is 0 Å². The van der Waals surface area contributed by atoms with Gasteiger partial charge in [0.2, 0.25) is 5.91 Å². The summed E-state index contributed by atoms with van der Waals surface area (Å²) in [7, 11) is -3.67. The van der Waals surface area contributed by atoms with E-state index in [9.17, 15) is 13.2 Å². The number of hydrogen-bond donors (Lipinski definition) is 1. The van der Waals surface area contributed by atoms with Crippen LogP contribution in [0.4, 0.5) is 0 Å². The number of carbonyl (C=O) groups excluding carboxylic acids is 1. The molecule has 1 rings (SSSR count). The van der Waals surface area contributed by atoms with E-state index in [1.165, 1.54) is 6.07 Å². The third-order valence-corrected chi connectivity index (χ3v) is 5.19. The summed E-state index contributed by atoms with van der Waals surface area (Å²) in [4.78, 5) is 11.7. The first-order chi connectivity index (χ1) is 8.31. The highest BCUT2D eigenvalue weighted by Crippen LogP contribution is 2.17. The molecule has 6 heteroatoms. The molecule has 18 heavy (non-hydrogen) atoms. The zero-order chi connectivity index (χ0) is 13.8. The van der Waals surface area contributed by atoms with Crippen LogP contribution in [0.2, 0.25) is 0 Å². The van der Waals surface area contributed by atoms with Gasteiger partial charge < -0.3 is 0 Å². The van der Waals surface area contributed by atoms with Crippen molar-refractivity contribution in [3.8, 4) is 0 Å². The predicted octanol–water partition coefficient (Wildman–Crippen LogP) is 2.63. The van der Waals surface area contributed by atoms with E-state index >= 15 is 0 Å². The molecular formula is C12H19NO3S2. The molecule has 1 aromatic rings. The van der Waals surface area contributed by atoms with Crippen LogP contribution in [0.3, 0.4) is 0 Å². The van der Waals surface area contributed by atoms with Crippen molar-refractivity contribution in [2.45, 2.75) is 37.8 Å². The van der Waals surface area contributed by atoms with Gasteiger partial charge in [0.1, 0.15) is 4.21 Å². The standard InChI is InChI=1S/C12H19NO3S2/c1-9(2)7-10(3)8-11(14)13-18(15,16)12-5-4-6-17-12/h4-6,9-10H,7-8H2,1-3H3,(H,13,14). The number of rotatable bonds is 6. The van der Waals surface area contributed by atoms with Gasteiger partial charge in [0.05, 0.1) is 0 Å². The van der Waals surface area contributed by atoms with Gasteiger partial charge in [-0.1, -0.05) is 26.8 Å². The van der Waals surface area contributed by atoms with Crippen LogP contribution in [-0.4, -0.2) is 14.3 Å². The Morgan fingerprint density at radius 3 is 2.56 bits per heavy atom. The molecule has 4 nitrogen and oxygen atoms in total. The maximum absolute atomic E-state index is 11.8. The summed E-state index contributed by atoms with van der Waals surface area (Å²) in [6, 6.07) is 3.13. The summed E-state index contributed by atoms with van der Waals surface area (Å²) in [5.74, 6) is 0.252. The first-order valence-corrected chi connectivity index (χ1v) is 8.26. The predicted molar refractivity (Wildman–Crippen MR) is 72.9 cm³/mol. The molecule has 0 aliphatic carbocycles. The summed E-state index contributed by atoms with van der Waals surface area (Å²) < 4.78 is 25.9. The van der Waals surface area contributed by atoms with Crippen LogP contribution in [0.1, 0.15) is 33.6 Å². The highest BCUT2D eigenvalue weighted by atomic mass is 32.2. The fourth-order valence-corrected chi connectivity index (χ4v) is 3.85. The van der Waals surface area contributed by atoms with Crippen molar-refractivity contribution in [1.82, 2.24) is 4.72 Å². The maximum Gasteiger partial charge on any atom is 0.273 e. The number of nitrogens with one attached hydrogen (secondary N) is 1. The molecule has 0 aliphatic heterocycles. The van der Waals surface area contributed by atoms with E-state index < -0.39 is 15.9 Å². The molecule has 1 amide bonds. The van der Waals surface area contributed by atoms with E-state index in [4.69, 9.17) is 0 Å². The van der Waals surface area contributed by atoms with Crippen LogP contribution < -0.4 is 4.72 Å². The third kappa shape index (κ3) is 4.78.